The molecule has 15 heavy (non-hydrogen) atoms. The summed E-state index contributed by atoms with van der Waals surface area (Å²) in [6.07, 6.45) is 0. The molecule has 2 nitrogen and oxygen atoms in total. The van der Waals surface area contributed by atoms with Gasteiger partial charge in [0.15, 0.2) is 0 Å². The third-order valence-electron chi connectivity index (χ3n) is 3.81. The highest BCUT2D eigenvalue weighted by atomic mass is 16.1. The second-order valence-corrected chi connectivity index (χ2v) is 4.52. The molecule has 1 N–H and O–H groups in total. The van der Waals surface area contributed by atoms with E-state index in [0.717, 1.165) is 16.8 Å². The third-order valence-corrected chi connectivity index (χ3v) is 3.81. The van der Waals surface area contributed by atoms with Crippen molar-refractivity contribution in [3.63, 3.8) is 0 Å². The van der Waals surface area contributed by atoms with E-state index in [1.165, 1.54) is 16.7 Å². The summed E-state index contributed by atoms with van der Waals surface area (Å²) < 4.78 is 0. The van der Waals surface area contributed by atoms with E-state index in [4.69, 9.17) is 0 Å². The van der Waals surface area contributed by atoms with Gasteiger partial charge in [0.2, 0.25) is 0 Å². The molecule has 2 heteroatoms. The van der Waals surface area contributed by atoms with Gasteiger partial charge in [-0.3, -0.25) is 4.79 Å². The molecule has 1 heterocycles. The van der Waals surface area contributed by atoms with E-state index in [2.05, 4.69) is 25.8 Å². The fourth-order valence-corrected chi connectivity index (χ4v) is 2.49. The zero-order valence-electron chi connectivity index (χ0n) is 9.99. The van der Waals surface area contributed by atoms with E-state index in [1.54, 1.807) is 0 Å². The van der Waals surface area contributed by atoms with Crippen LogP contribution in [0.5, 0.6) is 0 Å². The lowest BCUT2D eigenvalue weighted by atomic mass is 9.94. The smallest absolute Gasteiger partial charge is 0.255 e. The van der Waals surface area contributed by atoms with Gasteiger partial charge in [0, 0.05) is 17.2 Å². The van der Waals surface area contributed by atoms with Crippen molar-refractivity contribution in [2.75, 3.05) is 0 Å². The number of hydrogen-bond donors (Lipinski definition) is 1. The van der Waals surface area contributed by atoms with Crippen LogP contribution in [0.3, 0.4) is 0 Å². The molecule has 1 aromatic heterocycles. The lowest BCUT2D eigenvalue weighted by molar-refractivity contribution is 0.892. The first-order valence-corrected chi connectivity index (χ1v) is 5.36. The topological polar surface area (TPSA) is 32.9 Å². The number of rotatable bonds is 0. The maximum atomic E-state index is 11.9. The molecule has 1 unspecified atom stereocenters. The maximum Gasteiger partial charge on any atom is 0.255 e. The lowest BCUT2D eigenvalue weighted by Gasteiger charge is -2.12. The Hall–Kier alpha value is -1.31. The van der Waals surface area contributed by atoms with Crippen LogP contribution in [0.4, 0.5) is 0 Å². The minimum atomic E-state index is 0.0642. The van der Waals surface area contributed by atoms with Gasteiger partial charge in [0.1, 0.15) is 0 Å². The number of aromatic nitrogens is 1. The molecule has 0 fully saturated rings. The molecule has 0 aliphatic heterocycles. The van der Waals surface area contributed by atoms with Crippen LogP contribution in [0.25, 0.3) is 5.57 Å². The van der Waals surface area contributed by atoms with Gasteiger partial charge in [-0.1, -0.05) is 12.5 Å². The highest BCUT2D eigenvalue weighted by molar-refractivity contribution is 5.77. The molecule has 1 aliphatic carbocycles. The largest absolute Gasteiger partial charge is 0.326 e. The number of pyridine rings is 1. The molecule has 0 saturated carbocycles. The molecule has 80 valence electrons. The van der Waals surface area contributed by atoms with E-state index < -0.39 is 0 Å². The molecule has 1 aliphatic rings. The Kier molecular flexibility index (Phi) is 2.10. The predicted octanol–water partition coefficient (Wildman–Crippen LogP) is 2.90. The van der Waals surface area contributed by atoms with Crippen LogP contribution in [0.1, 0.15) is 49.1 Å². The van der Waals surface area contributed by atoms with Crippen molar-refractivity contribution in [1.82, 2.24) is 4.98 Å². The molecule has 1 aromatic rings. The predicted molar refractivity (Wildman–Crippen MR) is 63.2 cm³/mol. The van der Waals surface area contributed by atoms with Gasteiger partial charge in [0.25, 0.3) is 5.56 Å². The van der Waals surface area contributed by atoms with Gasteiger partial charge in [-0.25, -0.2) is 0 Å². The first-order chi connectivity index (χ1) is 6.95. The van der Waals surface area contributed by atoms with Gasteiger partial charge in [0.05, 0.1) is 0 Å². The lowest BCUT2D eigenvalue weighted by Crippen LogP contribution is -2.16. The SMILES string of the molecule is CC1=C(C)C(C)c2c(C)c(C)[nH]c(=O)c21. The Balaban J connectivity index is 2.88. The number of aryl methyl sites for hydroxylation is 1. The van der Waals surface area contributed by atoms with Gasteiger partial charge < -0.3 is 4.98 Å². The van der Waals surface area contributed by atoms with Crippen LogP contribution in [0.2, 0.25) is 0 Å². The van der Waals surface area contributed by atoms with Gasteiger partial charge in [-0.15, -0.1) is 0 Å². The molecule has 1 atom stereocenters. The van der Waals surface area contributed by atoms with Crippen LogP contribution >= 0.6 is 0 Å². The Morgan fingerprint density at radius 2 is 1.73 bits per heavy atom. The van der Waals surface area contributed by atoms with Crippen LogP contribution in [0, 0.1) is 13.8 Å². The van der Waals surface area contributed by atoms with Gasteiger partial charge >= 0.3 is 0 Å². The summed E-state index contributed by atoms with van der Waals surface area (Å²) in [4.78, 5) is 14.8. The summed E-state index contributed by atoms with van der Waals surface area (Å²) in [5.74, 6) is 0.390. The Bertz CT molecular complexity index is 520. The van der Waals surface area contributed by atoms with Crippen LogP contribution in [0.15, 0.2) is 10.4 Å². The summed E-state index contributed by atoms with van der Waals surface area (Å²) in [7, 11) is 0. The molecular weight excluding hydrogens is 186 g/mol. The van der Waals surface area contributed by atoms with Gasteiger partial charge in [-0.2, -0.15) is 0 Å². The Labute approximate surface area is 90.0 Å². The van der Waals surface area contributed by atoms with Crippen molar-refractivity contribution in [2.45, 2.75) is 40.5 Å². The molecule has 0 bridgehead atoms. The molecule has 0 amide bonds. The van der Waals surface area contributed by atoms with E-state index in [9.17, 15) is 4.79 Å². The number of H-pyrrole nitrogens is 1. The normalized spacial score (nSPS) is 19.7. The average molecular weight is 203 g/mol. The van der Waals surface area contributed by atoms with E-state index in [1.807, 2.05) is 13.8 Å². The van der Waals surface area contributed by atoms with Crippen molar-refractivity contribution in [3.8, 4) is 0 Å². The molecule has 0 aromatic carbocycles. The summed E-state index contributed by atoms with van der Waals surface area (Å²) in [6.45, 7) is 10.4. The van der Waals surface area contributed by atoms with E-state index in [0.29, 0.717) is 5.92 Å². The van der Waals surface area contributed by atoms with E-state index in [-0.39, 0.29) is 5.56 Å². The third kappa shape index (κ3) is 1.21. The summed E-state index contributed by atoms with van der Waals surface area (Å²) in [5, 5.41) is 0. The van der Waals surface area contributed by atoms with E-state index >= 15 is 0 Å². The second-order valence-electron chi connectivity index (χ2n) is 4.52. The van der Waals surface area contributed by atoms with Crippen molar-refractivity contribution >= 4 is 5.57 Å². The first kappa shape index (κ1) is 10.2. The number of aromatic amines is 1. The average Bonchev–Trinajstić information content (AvgIpc) is 2.40. The van der Waals surface area contributed by atoms with Crippen LogP contribution < -0.4 is 5.56 Å². The fourth-order valence-electron chi connectivity index (χ4n) is 2.49. The molecule has 2 rings (SSSR count). The maximum absolute atomic E-state index is 11.9. The monoisotopic (exact) mass is 203 g/mol. The van der Waals surface area contributed by atoms with Crippen LogP contribution in [-0.2, 0) is 0 Å². The summed E-state index contributed by atoms with van der Waals surface area (Å²) in [6, 6.07) is 0. The minimum absolute atomic E-state index is 0.0642. The summed E-state index contributed by atoms with van der Waals surface area (Å²) >= 11 is 0. The molecule has 0 saturated heterocycles. The molecule has 0 radical (unpaired) electrons. The van der Waals surface area contributed by atoms with Crippen molar-refractivity contribution in [3.05, 3.63) is 38.3 Å². The van der Waals surface area contributed by atoms with Crippen molar-refractivity contribution in [2.24, 2.45) is 0 Å². The molecular formula is C13H17NO. The Morgan fingerprint density at radius 3 is 2.33 bits per heavy atom. The minimum Gasteiger partial charge on any atom is -0.326 e. The highest BCUT2D eigenvalue weighted by Gasteiger charge is 2.27. The van der Waals surface area contributed by atoms with Crippen molar-refractivity contribution < 1.29 is 0 Å². The quantitative estimate of drug-likeness (QED) is 0.691. The van der Waals surface area contributed by atoms with Gasteiger partial charge in [-0.05, 0) is 44.4 Å². The zero-order valence-corrected chi connectivity index (χ0v) is 9.99. The molecule has 0 spiro atoms. The fraction of sp³-hybridized carbons (Fsp3) is 0.462. The number of nitrogens with one attached hydrogen (secondary N) is 1. The second kappa shape index (κ2) is 3.09. The zero-order chi connectivity index (χ0) is 11.3. The Morgan fingerprint density at radius 1 is 1.13 bits per heavy atom. The number of hydrogen-bond acceptors (Lipinski definition) is 1. The first-order valence-electron chi connectivity index (χ1n) is 5.36. The van der Waals surface area contributed by atoms with Crippen LogP contribution in [-0.4, -0.2) is 4.98 Å². The standard InChI is InChI=1S/C13H17NO/c1-6-7(2)11-9(4)10(5)14-13(15)12(11)8(6)3/h7H,1-5H3,(H,14,15). The van der Waals surface area contributed by atoms with Crippen molar-refractivity contribution in [1.29, 1.82) is 0 Å². The summed E-state index contributed by atoms with van der Waals surface area (Å²) in [5.41, 5.74) is 6.90. The highest BCUT2D eigenvalue weighted by Crippen LogP contribution is 2.41. The number of allylic oxidation sites excluding steroid dienone is 2. The number of fused-ring (bicyclic) bond motifs is 1.